The average molecular weight is 159 g/mol. The van der Waals surface area contributed by atoms with Gasteiger partial charge in [0.2, 0.25) is 0 Å². The third-order valence-corrected chi connectivity index (χ3v) is 3.03. The lowest BCUT2D eigenvalue weighted by molar-refractivity contribution is 0.0944. The zero-order chi connectivity index (χ0) is 8.48. The monoisotopic (exact) mass is 159 g/mol. The Bertz CT molecular complexity index is 138. The maximum absolute atomic E-state index is 13.9. The molecule has 1 rings (SSSR count). The summed E-state index contributed by atoms with van der Waals surface area (Å²) in [4.78, 5) is 0. The first-order valence-electron chi connectivity index (χ1n) is 4.53. The number of hydrogen-bond acceptors (Lipinski definition) is 1. The van der Waals surface area contributed by atoms with Gasteiger partial charge >= 0.3 is 0 Å². The molecule has 0 aliphatic heterocycles. The van der Waals surface area contributed by atoms with E-state index in [0.717, 1.165) is 12.8 Å². The van der Waals surface area contributed by atoms with Gasteiger partial charge in [-0.05, 0) is 25.2 Å². The molecule has 0 amide bonds. The molecule has 3 atom stereocenters. The second kappa shape index (κ2) is 3.10. The molecule has 0 saturated heterocycles. The number of hydrogen-bond donors (Lipinski definition) is 1. The van der Waals surface area contributed by atoms with E-state index in [1.165, 1.54) is 0 Å². The molecule has 11 heavy (non-hydrogen) atoms. The lowest BCUT2D eigenvalue weighted by Gasteiger charge is -2.25. The van der Waals surface area contributed by atoms with E-state index in [2.05, 4.69) is 0 Å². The van der Waals surface area contributed by atoms with Gasteiger partial charge in [-0.3, -0.25) is 0 Å². The van der Waals surface area contributed by atoms with E-state index in [-0.39, 0.29) is 12.0 Å². The quantitative estimate of drug-likeness (QED) is 0.657. The highest BCUT2D eigenvalue weighted by molar-refractivity contribution is 4.94. The standard InChI is InChI=1S/C9H18FN/c1-3-7(2)9(10)5-4-8(11)6-9/h7-8H,3-6,11H2,1-2H3. The maximum Gasteiger partial charge on any atom is 0.115 e. The van der Waals surface area contributed by atoms with Crippen LogP contribution in [0.5, 0.6) is 0 Å². The summed E-state index contributed by atoms with van der Waals surface area (Å²) in [6.45, 7) is 4.02. The number of nitrogens with two attached hydrogens (primary N) is 1. The van der Waals surface area contributed by atoms with Gasteiger partial charge in [-0.1, -0.05) is 20.3 Å². The summed E-state index contributed by atoms with van der Waals surface area (Å²) in [6.07, 6.45) is 3.02. The van der Waals surface area contributed by atoms with Crippen molar-refractivity contribution in [2.24, 2.45) is 11.7 Å². The van der Waals surface area contributed by atoms with Crippen molar-refractivity contribution in [2.75, 3.05) is 0 Å². The summed E-state index contributed by atoms with van der Waals surface area (Å²) in [6, 6.07) is 0.106. The minimum atomic E-state index is -0.950. The number of rotatable bonds is 2. The molecule has 1 nitrogen and oxygen atoms in total. The van der Waals surface area contributed by atoms with Gasteiger partial charge in [-0.15, -0.1) is 0 Å². The molecule has 1 fully saturated rings. The Hall–Kier alpha value is -0.110. The van der Waals surface area contributed by atoms with Crippen molar-refractivity contribution in [1.29, 1.82) is 0 Å². The second-order valence-corrected chi connectivity index (χ2v) is 3.85. The highest BCUT2D eigenvalue weighted by Gasteiger charge is 2.41. The van der Waals surface area contributed by atoms with Crippen molar-refractivity contribution in [1.82, 2.24) is 0 Å². The first-order valence-corrected chi connectivity index (χ1v) is 4.53. The molecule has 1 saturated carbocycles. The van der Waals surface area contributed by atoms with Crippen molar-refractivity contribution in [3.05, 3.63) is 0 Å². The van der Waals surface area contributed by atoms with Gasteiger partial charge in [0.25, 0.3) is 0 Å². The van der Waals surface area contributed by atoms with Crippen LogP contribution in [0.15, 0.2) is 0 Å². The molecule has 2 heteroatoms. The Balaban J connectivity index is 2.54. The second-order valence-electron chi connectivity index (χ2n) is 3.85. The van der Waals surface area contributed by atoms with Gasteiger partial charge in [0.15, 0.2) is 0 Å². The summed E-state index contributed by atoms with van der Waals surface area (Å²) in [7, 11) is 0. The van der Waals surface area contributed by atoms with E-state index in [9.17, 15) is 4.39 Å². The van der Waals surface area contributed by atoms with Crippen molar-refractivity contribution >= 4 is 0 Å². The lowest BCUT2D eigenvalue weighted by atomic mass is 9.87. The summed E-state index contributed by atoms with van der Waals surface area (Å²) in [5.74, 6) is 0.177. The van der Waals surface area contributed by atoms with Gasteiger partial charge in [-0.2, -0.15) is 0 Å². The number of halogens is 1. The fraction of sp³-hybridized carbons (Fsp3) is 1.00. The predicted molar refractivity (Wildman–Crippen MR) is 45.1 cm³/mol. The average Bonchev–Trinajstić information content (AvgIpc) is 2.31. The van der Waals surface area contributed by atoms with E-state index < -0.39 is 5.67 Å². The Labute approximate surface area is 68.2 Å². The molecule has 0 radical (unpaired) electrons. The van der Waals surface area contributed by atoms with Gasteiger partial charge in [0, 0.05) is 6.04 Å². The first kappa shape index (κ1) is 8.98. The Morgan fingerprint density at radius 2 is 2.36 bits per heavy atom. The van der Waals surface area contributed by atoms with Crippen LogP contribution in [0.1, 0.15) is 39.5 Å². The highest BCUT2D eigenvalue weighted by Crippen LogP contribution is 2.40. The van der Waals surface area contributed by atoms with Crippen LogP contribution in [-0.4, -0.2) is 11.7 Å². The summed E-state index contributed by atoms with van der Waals surface area (Å²) >= 11 is 0. The van der Waals surface area contributed by atoms with E-state index in [1.54, 1.807) is 0 Å². The fourth-order valence-corrected chi connectivity index (χ4v) is 1.88. The molecule has 0 aromatic heterocycles. The molecule has 0 spiro atoms. The molecule has 3 unspecified atom stereocenters. The third-order valence-electron chi connectivity index (χ3n) is 3.03. The smallest absolute Gasteiger partial charge is 0.115 e. The zero-order valence-electron chi connectivity index (χ0n) is 7.44. The third kappa shape index (κ3) is 1.73. The Morgan fingerprint density at radius 1 is 1.73 bits per heavy atom. The molecule has 1 aliphatic rings. The normalized spacial score (nSPS) is 40.9. The van der Waals surface area contributed by atoms with Gasteiger partial charge in [0.05, 0.1) is 0 Å². The molecule has 0 aromatic rings. The molecule has 2 N–H and O–H groups in total. The van der Waals surface area contributed by atoms with Crippen LogP contribution in [0.4, 0.5) is 4.39 Å². The zero-order valence-corrected chi connectivity index (χ0v) is 7.44. The van der Waals surface area contributed by atoms with Crippen LogP contribution < -0.4 is 5.73 Å². The maximum atomic E-state index is 13.9. The van der Waals surface area contributed by atoms with E-state index >= 15 is 0 Å². The van der Waals surface area contributed by atoms with Crippen molar-refractivity contribution < 1.29 is 4.39 Å². The largest absolute Gasteiger partial charge is 0.328 e. The molecule has 66 valence electrons. The Morgan fingerprint density at radius 3 is 2.73 bits per heavy atom. The summed E-state index contributed by atoms with van der Waals surface area (Å²) in [5, 5.41) is 0. The van der Waals surface area contributed by atoms with Gasteiger partial charge in [-0.25, -0.2) is 4.39 Å². The molecule has 0 heterocycles. The predicted octanol–water partition coefficient (Wildman–Crippen LogP) is 2.25. The van der Waals surface area contributed by atoms with Crippen molar-refractivity contribution in [3.8, 4) is 0 Å². The van der Waals surface area contributed by atoms with Gasteiger partial charge < -0.3 is 5.73 Å². The number of alkyl halides is 1. The SMILES string of the molecule is CCC(C)C1(F)CCC(N)C1. The van der Waals surface area contributed by atoms with E-state index in [1.807, 2.05) is 13.8 Å². The first-order chi connectivity index (χ1) is 5.08. The Kier molecular flexibility index (Phi) is 2.53. The van der Waals surface area contributed by atoms with E-state index in [0.29, 0.717) is 12.8 Å². The lowest BCUT2D eigenvalue weighted by Crippen LogP contribution is -2.30. The minimum absolute atomic E-state index is 0.106. The van der Waals surface area contributed by atoms with Crippen LogP contribution in [0.3, 0.4) is 0 Å². The minimum Gasteiger partial charge on any atom is -0.328 e. The van der Waals surface area contributed by atoms with E-state index in [4.69, 9.17) is 5.73 Å². The van der Waals surface area contributed by atoms with Crippen LogP contribution in [0, 0.1) is 5.92 Å². The van der Waals surface area contributed by atoms with Crippen molar-refractivity contribution in [2.45, 2.75) is 51.2 Å². The van der Waals surface area contributed by atoms with Gasteiger partial charge in [0.1, 0.15) is 5.67 Å². The van der Waals surface area contributed by atoms with Crippen LogP contribution in [-0.2, 0) is 0 Å². The summed E-state index contributed by atoms with van der Waals surface area (Å²) in [5.41, 5.74) is 4.71. The molecular formula is C9H18FN. The molecular weight excluding hydrogens is 141 g/mol. The van der Waals surface area contributed by atoms with Crippen molar-refractivity contribution in [3.63, 3.8) is 0 Å². The van der Waals surface area contributed by atoms with Crippen LogP contribution >= 0.6 is 0 Å². The topological polar surface area (TPSA) is 26.0 Å². The summed E-state index contributed by atoms with van der Waals surface area (Å²) < 4.78 is 13.9. The molecule has 1 aliphatic carbocycles. The fourth-order valence-electron chi connectivity index (χ4n) is 1.88. The highest BCUT2D eigenvalue weighted by atomic mass is 19.1. The van der Waals surface area contributed by atoms with Crippen LogP contribution in [0.25, 0.3) is 0 Å². The molecule has 0 bridgehead atoms. The van der Waals surface area contributed by atoms with Crippen LogP contribution in [0.2, 0.25) is 0 Å². The molecule has 0 aromatic carbocycles.